The molecule has 0 spiro atoms. The normalized spacial score (nSPS) is 21.6. The lowest BCUT2D eigenvalue weighted by atomic mass is 10.1. The fourth-order valence-electron chi connectivity index (χ4n) is 2.17. The number of nitrogens with zero attached hydrogens (tertiary/aromatic N) is 1. The Morgan fingerprint density at radius 2 is 2.10 bits per heavy atom. The van der Waals surface area contributed by atoms with Crippen molar-refractivity contribution in [1.29, 1.82) is 0 Å². The summed E-state index contributed by atoms with van der Waals surface area (Å²) in [7, 11) is -3.69. The molecule has 1 fully saturated rings. The number of sulfonamides is 1. The standard InChI is InChI=1S/C12H22N2O6S/c1-12(2,3)20-6-9(11(16)17)14-5-8(4-10(14)15)7-21(13,18)19/h8-9H,4-7H2,1-3H3,(H,16,17)(H2,13,18,19)/t8?,9-/m0/s1. The first-order chi connectivity index (χ1) is 9.39. The Balaban J connectivity index is 2.76. The molecule has 0 saturated carbocycles. The predicted molar refractivity (Wildman–Crippen MR) is 74.9 cm³/mol. The molecule has 0 bridgehead atoms. The SMILES string of the molecule is CC(C)(C)OC[C@@H](C(=O)O)N1CC(CS(N)(=O)=O)CC1=O. The van der Waals surface area contributed by atoms with Gasteiger partial charge in [0, 0.05) is 18.9 Å². The van der Waals surface area contributed by atoms with E-state index in [4.69, 9.17) is 9.88 Å². The van der Waals surface area contributed by atoms with Gasteiger partial charge in [-0.3, -0.25) is 4.79 Å². The third-order valence-electron chi connectivity index (χ3n) is 3.04. The average Bonchev–Trinajstić information content (AvgIpc) is 2.54. The van der Waals surface area contributed by atoms with Crippen LogP contribution in [0.2, 0.25) is 0 Å². The molecular formula is C12H22N2O6S. The number of likely N-dealkylation sites (tertiary alicyclic amines) is 1. The molecule has 8 nitrogen and oxygen atoms in total. The molecule has 3 N–H and O–H groups in total. The van der Waals surface area contributed by atoms with E-state index >= 15 is 0 Å². The van der Waals surface area contributed by atoms with Crippen molar-refractivity contribution in [2.24, 2.45) is 11.1 Å². The summed E-state index contributed by atoms with van der Waals surface area (Å²) < 4.78 is 27.6. The first-order valence-electron chi connectivity index (χ1n) is 6.56. The van der Waals surface area contributed by atoms with Gasteiger partial charge in [-0.2, -0.15) is 0 Å². The zero-order valence-electron chi connectivity index (χ0n) is 12.4. The van der Waals surface area contributed by atoms with Crippen LogP contribution in [0.4, 0.5) is 0 Å². The molecule has 0 aliphatic carbocycles. The van der Waals surface area contributed by atoms with Crippen LogP contribution in [-0.2, 0) is 24.3 Å². The molecule has 2 atom stereocenters. The van der Waals surface area contributed by atoms with Crippen molar-refractivity contribution in [2.75, 3.05) is 18.9 Å². The van der Waals surface area contributed by atoms with Gasteiger partial charge in [-0.25, -0.2) is 18.4 Å². The number of hydrogen-bond acceptors (Lipinski definition) is 5. The van der Waals surface area contributed by atoms with Crippen LogP contribution < -0.4 is 5.14 Å². The summed E-state index contributed by atoms with van der Waals surface area (Å²) in [6.07, 6.45) is -0.0181. The number of carboxylic acids is 1. The van der Waals surface area contributed by atoms with E-state index in [0.717, 1.165) is 4.90 Å². The lowest BCUT2D eigenvalue weighted by Crippen LogP contribution is -2.46. The van der Waals surface area contributed by atoms with Crippen LogP contribution in [0.25, 0.3) is 0 Å². The molecule has 1 aliphatic heterocycles. The van der Waals surface area contributed by atoms with Crippen LogP contribution in [0.1, 0.15) is 27.2 Å². The van der Waals surface area contributed by atoms with Crippen molar-refractivity contribution in [2.45, 2.75) is 38.8 Å². The molecule has 9 heteroatoms. The van der Waals surface area contributed by atoms with Gasteiger partial charge < -0.3 is 14.7 Å². The minimum Gasteiger partial charge on any atom is -0.480 e. The van der Waals surface area contributed by atoms with Crippen LogP contribution in [0.5, 0.6) is 0 Å². The van der Waals surface area contributed by atoms with Gasteiger partial charge >= 0.3 is 5.97 Å². The Kier molecular flexibility index (Phi) is 5.35. The molecule has 0 aromatic rings. The van der Waals surface area contributed by atoms with Crippen molar-refractivity contribution in [3.05, 3.63) is 0 Å². The highest BCUT2D eigenvalue weighted by atomic mass is 32.2. The second kappa shape index (κ2) is 6.29. The van der Waals surface area contributed by atoms with Crippen LogP contribution >= 0.6 is 0 Å². The molecule has 1 saturated heterocycles. The number of nitrogens with two attached hydrogens (primary N) is 1. The monoisotopic (exact) mass is 322 g/mol. The Bertz CT molecular complexity index is 510. The number of carbonyl (C=O) groups excluding carboxylic acids is 1. The van der Waals surface area contributed by atoms with Gasteiger partial charge in [-0.1, -0.05) is 0 Å². The van der Waals surface area contributed by atoms with Crippen molar-refractivity contribution >= 4 is 21.9 Å². The first kappa shape index (κ1) is 17.9. The number of aliphatic carboxylic acids is 1. The lowest BCUT2D eigenvalue weighted by Gasteiger charge is -2.28. The molecule has 0 radical (unpaired) electrons. The number of carboxylic acid groups (broad SMARTS) is 1. The van der Waals surface area contributed by atoms with Gasteiger partial charge in [0.15, 0.2) is 6.04 Å². The van der Waals surface area contributed by atoms with Crippen molar-refractivity contribution in [1.82, 2.24) is 4.90 Å². The van der Waals surface area contributed by atoms with Crippen molar-refractivity contribution in [3.8, 4) is 0 Å². The molecule has 1 amide bonds. The van der Waals surface area contributed by atoms with E-state index in [1.54, 1.807) is 20.8 Å². The largest absolute Gasteiger partial charge is 0.480 e. The number of hydrogen-bond donors (Lipinski definition) is 2. The highest BCUT2D eigenvalue weighted by molar-refractivity contribution is 7.89. The van der Waals surface area contributed by atoms with Crippen LogP contribution in [-0.4, -0.2) is 60.8 Å². The van der Waals surface area contributed by atoms with E-state index in [-0.39, 0.29) is 25.3 Å². The van der Waals surface area contributed by atoms with E-state index in [9.17, 15) is 23.1 Å². The van der Waals surface area contributed by atoms with E-state index in [2.05, 4.69) is 0 Å². The minimum atomic E-state index is -3.69. The Hall–Kier alpha value is -1.19. The summed E-state index contributed by atoms with van der Waals surface area (Å²) in [6.45, 7) is 5.25. The third-order valence-corrected chi connectivity index (χ3v) is 3.98. The molecule has 122 valence electrons. The van der Waals surface area contributed by atoms with Gasteiger partial charge in [-0.05, 0) is 20.8 Å². The Morgan fingerprint density at radius 1 is 1.52 bits per heavy atom. The first-order valence-corrected chi connectivity index (χ1v) is 8.27. The molecule has 0 aromatic heterocycles. The maximum Gasteiger partial charge on any atom is 0.328 e. The molecular weight excluding hydrogens is 300 g/mol. The van der Waals surface area contributed by atoms with E-state index < -0.39 is 39.5 Å². The average molecular weight is 322 g/mol. The molecule has 21 heavy (non-hydrogen) atoms. The van der Waals surface area contributed by atoms with Gasteiger partial charge in [0.1, 0.15) is 0 Å². The fraction of sp³-hybridized carbons (Fsp3) is 0.833. The van der Waals surface area contributed by atoms with E-state index in [1.807, 2.05) is 0 Å². The predicted octanol–water partition coefficient (Wildman–Crippen LogP) is -0.608. The fourth-order valence-corrected chi connectivity index (χ4v) is 3.05. The molecule has 0 aromatic carbocycles. The number of carbonyl (C=O) groups is 2. The highest BCUT2D eigenvalue weighted by Gasteiger charge is 2.39. The molecule has 1 aliphatic rings. The summed E-state index contributed by atoms with van der Waals surface area (Å²) in [6, 6.07) is -1.12. The van der Waals surface area contributed by atoms with E-state index in [0.29, 0.717) is 0 Å². The smallest absolute Gasteiger partial charge is 0.328 e. The zero-order chi connectivity index (χ0) is 16.4. The quantitative estimate of drug-likeness (QED) is 0.671. The minimum absolute atomic E-state index is 0.0181. The van der Waals surface area contributed by atoms with E-state index in [1.165, 1.54) is 0 Å². The Morgan fingerprint density at radius 3 is 2.52 bits per heavy atom. The number of amides is 1. The van der Waals surface area contributed by atoms with Gasteiger partial charge in [0.05, 0.1) is 18.0 Å². The van der Waals surface area contributed by atoms with Crippen molar-refractivity contribution in [3.63, 3.8) is 0 Å². The summed E-state index contributed by atoms with van der Waals surface area (Å²) in [5.41, 5.74) is -0.531. The third kappa shape index (κ3) is 5.98. The maximum atomic E-state index is 11.9. The number of rotatable bonds is 6. The van der Waals surface area contributed by atoms with Crippen LogP contribution in [0.15, 0.2) is 0 Å². The van der Waals surface area contributed by atoms with Crippen LogP contribution in [0.3, 0.4) is 0 Å². The van der Waals surface area contributed by atoms with Gasteiger partial charge in [0.25, 0.3) is 0 Å². The van der Waals surface area contributed by atoms with Gasteiger partial charge in [-0.15, -0.1) is 0 Å². The highest BCUT2D eigenvalue weighted by Crippen LogP contribution is 2.22. The lowest BCUT2D eigenvalue weighted by molar-refractivity contribution is -0.153. The Labute approximate surface area is 124 Å². The molecule has 1 unspecified atom stereocenters. The maximum absolute atomic E-state index is 11.9. The number of ether oxygens (including phenoxy) is 1. The molecule has 1 rings (SSSR count). The van der Waals surface area contributed by atoms with Crippen LogP contribution in [0, 0.1) is 5.92 Å². The topological polar surface area (TPSA) is 127 Å². The summed E-state index contributed by atoms with van der Waals surface area (Å²) >= 11 is 0. The summed E-state index contributed by atoms with van der Waals surface area (Å²) in [5, 5.41) is 14.2. The summed E-state index contributed by atoms with van der Waals surface area (Å²) in [5.74, 6) is -2.39. The second-order valence-corrected chi connectivity index (χ2v) is 7.88. The summed E-state index contributed by atoms with van der Waals surface area (Å²) in [4.78, 5) is 24.4. The zero-order valence-corrected chi connectivity index (χ0v) is 13.2. The van der Waals surface area contributed by atoms with Crippen molar-refractivity contribution < 1.29 is 27.9 Å². The second-order valence-electron chi connectivity index (χ2n) is 6.22. The molecule has 1 heterocycles. The van der Waals surface area contributed by atoms with Gasteiger partial charge in [0.2, 0.25) is 15.9 Å². The number of primary sulfonamides is 1.